The smallest absolute Gasteiger partial charge is 0.0988 e. The fraction of sp³-hybridized carbons (Fsp3) is 0.900. The molecule has 0 aromatic heterocycles. The lowest BCUT2D eigenvalue weighted by Gasteiger charge is -2.11. The van der Waals surface area contributed by atoms with Gasteiger partial charge in [-0.2, -0.15) is 0 Å². The molecule has 0 amide bonds. The van der Waals surface area contributed by atoms with Crippen molar-refractivity contribution in [2.75, 3.05) is 13.1 Å². The topological polar surface area (TPSA) is 24.4 Å². The van der Waals surface area contributed by atoms with E-state index in [2.05, 4.69) is 24.2 Å². The summed E-state index contributed by atoms with van der Waals surface area (Å²) in [6, 6.07) is 0. The minimum absolute atomic E-state index is 0.558. The largest absolute Gasteiger partial charge is 0.374 e. The van der Waals surface area contributed by atoms with Gasteiger partial charge in [-0.3, -0.25) is 4.99 Å². The molecule has 0 spiro atoms. The van der Waals surface area contributed by atoms with Crippen molar-refractivity contribution in [2.45, 2.75) is 39.5 Å². The molecule has 0 unspecified atom stereocenters. The molecule has 1 heterocycles. The van der Waals surface area contributed by atoms with Crippen LogP contribution in [0.2, 0.25) is 0 Å². The SMILES string of the molecule is CC(C)/C1=N/CCCCCCN1. The van der Waals surface area contributed by atoms with Gasteiger partial charge in [-0.05, 0) is 12.8 Å². The van der Waals surface area contributed by atoms with Crippen LogP contribution in [0.15, 0.2) is 4.99 Å². The zero-order valence-corrected chi connectivity index (χ0v) is 8.27. The molecule has 0 saturated carbocycles. The van der Waals surface area contributed by atoms with Crippen molar-refractivity contribution < 1.29 is 0 Å². The van der Waals surface area contributed by atoms with Crippen LogP contribution in [0.4, 0.5) is 0 Å². The fourth-order valence-electron chi connectivity index (χ4n) is 1.45. The number of nitrogens with one attached hydrogen (secondary N) is 1. The van der Waals surface area contributed by atoms with Gasteiger partial charge in [0.2, 0.25) is 0 Å². The predicted octanol–water partition coefficient (Wildman–Crippen LogP) is 2.20. The van der Waals surface area contributed by atoms with E-state index < -0.39 is 0 Å². The first-order valence-electron chi connectivity index (χ1n) is 5.09. The first-order chi connectivity index (χ1) is 5.80. The van der Waals surface area contributed by atoms with Crippen LogP contribution in [0.1, 0.15) is 39.5 Å². The number of hydrogen-bond acceptors (Lipinski definition) is 2. The highest BCUT2D eigenvalue weighted by Crippen LogP contribution is 2.04. The minimum Gasteiger partial charge on any atom is -0.374 e. The lowest BCUT2D eigenvalue weighted by Crippen LogP contribution is -2.29. The van der Waals surface area contributed by atoms with E-state index in [1.54, 1.807) is 0 Å². The average molecular weight is 168 g/mol. The molecule has 2 nitrogen and oxygen atoms in total. The van der Waals surface area contributed by atoms with Crippen LogP contribution in [-0.2, 0) is 0 Å². The predicted molar refractivity (Wildman–Crippen MR) is 53.6 cm³/mol. The standard InChI is InChI=1S/C10H20N2/c1-9(2)10-11-7-5-3-4-6-8-12-10/h9H,3-8H2,1-2H3,(H,11,12). The molecule has 0 atom stereocenters. The summed E-state index contributed by atoms with van der Waals surface area (Å²) >= 11 is 0. The summed E-state index contributed by atoms with van der Waals surface area (Å²) in [5.74, 6) is 1.76. The molecule has 1 rings (SSSR count). The molecule has 0 aromatic rings. The highest BCUT2D eigenvalue weighted by molar-refractivity contribution is 5.83. The van der Waals surface area contributed by atoms with E-state index in [1.165, 1.54) is 31.5 Å². The Balaban J connectivity index is 2.44. The van der Waals surface area contributed by atoms with Gasteiger partial charge in [-0.25, -0.2) is 0 Å². The Bertz CT molecular complexity index is 150. The second-order valence-electron chi connectivity index (χ2n) is 3.76. The Labute approximate surface area is 75.5 Å². The van der Waals surface area contributed by atoms with Crippen molar-refractivity contribution in [3.63, 3.8) is 0 Å². The summed E-state index contributed by atoms with van der Waals surface area (Å²) in [5, 5.41) is 3.41. The molecule has 0 radical (unpaired) electrons. The van der Waals surface area contributed by atoms with Gasteiger partial charge in [-0.15, -0.1) is 0 Å². The number of hydrogen-bond donors (Lipinski definition) is 1. The van der Waals surface area contributed by atoms with Crippen LogP contribution in [0.5, 0.6) is 0 Å². The zero-order chi connectivity index (χ0) is 8.81. The van der Waals surface area contributed by atoms with E-state index in [0.29, 0.717) is 5.92 Å². The Morgan fingerprint density at radius 2 is 1.92 bits per heavy atom. The van der Waals surface area contributed by atoms with Crippen LogP contribution in [-0.4, -0.2) is 18.9 Å². The molecular formula is C10H20N2. The molecule has 1 N–H and O–H groups in total. The number of nitrogens with zero attached hydrogens (tertiary/aromatic N) is 1. The lowest BCUT2D eigenvalue weighted by molar-refractivity contribution is 0.648. The molecule has 0 bridgehead atoms. The van der Waals surface area contributed by atoms with Gasteiger partial charge in [0.15, 0.2) is 0 Å². The Kier molecular flexibility index (Phi) is 4.12. The third kappa shape index (κ3) is 3.24. The van der Waals surface area contributed by atoms with Gasteiger partial charge in [0.1, 0.15) is 0 Å². The van der Waals surface area contributed by atoms with E-state index in [4.69, 9.17) is 0 Å². The fourth-order valence-corrected chi connectivity index (χ4v) is 1.45. The van der Waals surface area contributed by atoms with E-state index in [-0.39, 0.29) is 0 Å². The van der Waals surface area contributed by atoms with Crippen molar-refractivity contribution in [1.82, 2.24) is 5.32 Å². The Hall–Kier alpha value is -0.530. The molecule has 0 aliphatic carbocycles. The third-order valence-electron chi connectivity index (χ3n) is 2.22. The van der Waals surface area contributed by atoms with Crippen LogP contribution >= 0.6 is 0 Å². The number of rotatable bonds is 1. The van der Waals surface area contributed by atoms with Gasteiger partial charge in [0.25, 0.3) is 0 Å². The van der Waals surface area contributed by atoms with Gasteiger partial charge in [-0.1, -0.05) is 26.7 Å². The molecule has 70 valence electrons. The number of amidine groups is 1. The monoisotopic (exact) mass is 168 g/mol. The van der Waals surface area contributed by atoms with Crippen molar-refractivity contribution >= 4 is 5.84 Å². The maximum Gasteiger partial charge on any atom is 0.0988 e. The van der Waals surface area contributed by atoms with Gasteiger partial charge >= 0.3 is 0 Å². The maximum atomic E-state index is 4.55. The molecule has 1 aliphatic heterocycles. The molecule has 0 saturated heterocycles. The highest BCUT2D eigenvalue weighted by Gasteiger charge is 2.04. The van der Waals surface area contributed by atoms with Gasteiger partial charge in [0.05, 0.1) is 5.84 Å². The first-order valence-corrected chi connectivity index (χ1v) is 5.09. The van der Waals surface area contributed by atoms with Gasteiger partial charge < -0.3 is 5.32 Å². The van der Waals surface area contributed by atoms with E-state index in [9.17, 15) is 0 Å². The normalized spacial score (nSPS) is 24.8. The van der Waals surface area contributed by atoms with E-state index in [1.807, 2.05) is 0 Å². The molecule has 2 heteroatoms. The Morgan fingerprint density at radius 1 is 1.17 bits per heavy atom. The Morgan fingerprint density at radius 3 is 2.67 bits per heavy atom. The second-order valence-corrected chi connectivity index (χ2v) is 3.76. The summed E-state index contributed by atoms with van der Waals surface area (Å²) in [6.07, 6.45) is 5.26. The lowest BCUT2D eigenvalue weighted by atomic mass is 10.2. The quantitative estimate of drug-likeness (QED) is 0.638. The van der Waals surface area contributed by atoms with E-state index >= 15 is 0 Å². The molecule has 1 aliphatic rings. The minimum atomic E-state index is 0.558. The van der Waals surface area contributed by atoms with Gasteiger partial charge in [0, 0.05) is 19.0 Å². The number of aliphatic imine (C=N–C) groups is 1. The van der Waals surface area contributed by atoms with E-state index in [0.717, 1.165) is 13.1 Å². The van der Waals surface area contributed by atoms with Crippen molar-refractivity contribution in [2.24, 2.45) is 10.9 Å². The van der Waals surface area contributed by atoms with Crippen LogP contribution in [0, 0.1) is 5.92 Å². The zero-order valence-electron chi connectivity index (χ0n) is 8.27. The molecule has 0 fully saturated rings. The molecular weight excluding hydrogens is 148 g/mol. The highest BCUT2D eigenvalue weighted by atomic mass is 15.0. The summed E-state index contributed by atoms with van der Waals surface area (Å²) in [4.78, 5) is 4.55. The first kappa shape index (κ1) is 9.56. The summed E-state index contributed by atoms with van der Waals surface area (Å²) < 4.78 is 0. The van der Waals surface area contributed by atoms with Crippen molar-refractivity contribution in [3.05, 3.63) is 0 Å². The maximum absolute atomic E-state index is 4.55. The summed E-state index contributed by atoms with van der Waals surface area (Å²) in [6.45, 7) is 6.52. The third-order valence-corrected chi connectivity index (χ3v) is 2.22. The summed E-state index contributed by atoms with van der Waals surface area (Å²) in [7, 11) is 0. The van der Waals surface area contributed by atoms with Crippen LogP contribution in [0.3, 0.4) is 0 Å². The molecule has 12 heavy (non-hydrogen) atoms. The van der Waals surface area contributed by atoms with Crippen molar-refractivity contribution in [1.29, 1.82) is 0 Å². The van der Waals surface area contributed by atoms with Crippen LogP contribution < -0.4 is 5.32 Å². The second kappa shape index (κ2) is 5.18. The summed E-state index contributed by atoms with van der Waals surface area (Å²) in [5.41, 5.74) is 0. The molecule has 0 aromatic carbocycles. The average Bonchev–Trinajstić information content (AvgIpc) is 2.15. The van der Waals surface area contributed by atoms with Crippen molar-refractivity contribution in [3.8, 4) is 0 Å². The van der Waals surface area contributed by atoms with Crippen LogP contribution in [0.25, 0.3) is 0 Å².